The van der Waals surface area contributed by atoms with Crippen LogP contribution in [0, 0.1) is 0 Å². The summed E-state index contributed by atoms with van der Waals surface area (Å²) in [6.07, 6.45) is 1.15. The second kappa shape index (κ2) is 9.93. The molecule has 2 saturated heterocycles. The van der Waals surface area contributed by atoms with Crippen molar-refractivity contribution in [1.29, 1.82) is 0 Å². The number of imide groups is 1. The fraction of sp³-hybridized carbons (Fsp3) is 0.500. The van der Waals surface area contributed by atoms with E-state index in [1.807, 2.05) is 6.07 Å². The predicted octanol–water partition coefficient (Wildman–Crippen LogP) is 3.65. The molecule has 4 heterocycles. The molecule has 2 aromatic rings. The van der Waals surface area contributed by atoms with Gasteiger partial charge < -0.3 is 9.64 Å². The molecule has 1 saturated carbocycles. The lowest BCUT2D eigenvalue weighted by atomic mass is 9.84. The number of alkyl halides is 3. The van der Waals surface area contributed by atoms with Crippen molar-refractivity contribution in [3.8, 4) is 5.75 Å². The predicted molar refractivity (Wildman–Crippen MR) is 133 cm³/mol. The maximum Gasteiger partial charge on any atom is 0.433 e. The Labute approximate surface area is 223 Å². The van der Waals surface area contributed by atoms with Gasteiger partial charge in [-0.15, -0.1) is 0 Å². The molecule has 4 aliphatic rings. The average Bonchev–Trinajstić information content (AvgIpc) is 3.19. The van der Waals surface area contributed by atoms with Gasteiger partial charge in [-0.25, -0.2) is 0 Å². The number of halogens is 3. The molecular weight excluding hydrogens is 513 g/mol. The van der Waals surface area contributed by atoms with E-state index < -0.39 is 23.8 Å². The largest absolute Gasteiger partial charge is 0.489 e. The van der Waals surface area contributed by atoms with Crippen LogP contribution in [-0.2, 0) is 22.3 Å². The van der Waals surface area contributed by atoms with Gasteiger partial charge in [0.15, 0.2) is 0 Å². The van der Waals surface area contributed by atoms with E-state index >= 15 is 0 Å². The van der Waals surface area contributed by atoms with Crippen molar-refractivity contribution in [2.45, 2.75) is 75.4 Å². The maximum absolute atomic E-state index is 13.1. The van der Waals surface area contributed by atoms with Gasteiger partial charge in [0.2, 0.25) is 11.8 Å². The SMILES string of the molecule is O=C1CCC(N2Cc3cc(O[C@H]4CCCC[C@@H]4N4CC(c5ccnc(C(F)(F)F)c5)C4)ccc3C2=O)C(=O)N1. The quantitative estimate of drug-likeness (QED) is 0.580. The van der Waals surface area contributed by atoms with Crippen LogP contribution in [0.4, 0.5) is 13.2 Å². The summed E-state index contributed by atoms with van der Waals surface area (Å²) in [6, 6.07) is 7.69. The standard InChI is InChI=1S/C28H29F3N4O4/c29-28(30,31)24-12-16(9-10-32-24)18-13-34(14-18)21-3-1-2-4-23(21)39-19-5-6-20-17(11-19)15-35(27(20)38)22-7-8-25(36)33-26(22)37/h5-6,9-12,18,21-23H,1-4,7-8,13-15H2,(H,33,36,37)/t21-,22?,23-/m0/s1. The van der Waals surface area contributed by atoms with Crippen molar-refractivity contribution >= 4 is 17.7 Å². The lowest BCUT2D eigenvalue weighted by Gasteiger charge is -2.48. The van der Waals surface area contributed by atoms with Gasteiger partial charge in [-0.2, -0.15) is 13.2 Å². The molecule has 3 atom stereocenters. The zero-order valence-corrected chi connectivity index (χ0v) is 21.2. The van der Waals surface area contributed by atoms with Crippen LogP contribution < -0.4 is 10.1 Å². The highest BCUT2D eigenvalue weighted by Crippen LogP contribution is 2.38. The summed E-state index contributed by atoms with van der Waals surface area (Å²) in [5.41, 5.74) is 1.12. The highest BCUT2D eigenvalue weighted by Gasteiger charge is 2.42. The fourth-order valence-corrected chi connectivity index (χ4v) is 6.28. The van der Waals surface area contributed by atoms with Crippen LogP contribution in [0.15, 0.2) is 36.5 Å². The molecule has 3 fully saturated rings. The van der Waals surface area contributed by atoms with Crippen molar-refractivity contribution in [1.82, 2.24) is 20.1 Å². The molecule has 0 spiro atoms. The number of nitrogens with one attached hydrogen (secondary N) is 1. The summed E-state index contributed by atoms with van der Waals surface area (Å²) in [5.74, 6) is -0.301. The van der Waals surface area contributed by atoms with Crippen LogP contribution in [0.25, 0.3) is 0 Å². The summed E-state index contributed by atoms with van der Waals surface area (Å²) in [5, 5.41) is 2.31. The molecule has 6 rings (SSSR count). The number of benzene rings is 1. The minimum Gasteiger partial charge on any atom is -0.489 e. The minimum absolute atomic E-state index is 0.0287. The molecule has 0 radical (unpaired) electrons. The first-order valence-electron chi connectivity index (χ1n) is 13.4. The Bertz CT molecular complexity index is 1310. The first kappa shape index (κ1) is 25.8. The van der Waals surface area contributed by atoms with E-state index in [4.69, 9.17) is 4.74 Å². The minimum atomic E-state index is -4.46. The monoisotopic (exact) mass is 542 g/mol. The van der Waals surface area contributed by atoms with Gasteiger partial charge in [0.25, 0.3) is 5.91 Å². The molecule has 1 unspecified atom stereocenters. The van der Waals surface area contributed by atoms with Crippen LogP contribution >= 0.6 is 0 Å². The highest BCUT2D eigenvalue weighted by molar-refractivity contribution is 6.05. The number of aromatic nitrogens is 1. The molecule has 39 heavy (non-hydrogen) atoms. The number of fused-ring (bicyclic) bond motifs is 1. The number of amides is 3. The van der Waals surface area contributed by atoms with E-state index in [0.717, 1.165) is 37.3 Å². The summed E-state index contributed by atoms with van der Waals surface area (Å²) in [6.45, 7) is 1.63. The van der Waals surface area contributed by atoms with Crippen molar-refractivity contribution < 1.29 is 32.3 Å². The molecular formula is C28H29F3N4O4. The van der Waals surface area contributed by atoms with Crippen LogP contribution in [0.1, 0.15) is 71.6 Å². The number of hydrogen-bond donors (Lipinski definition) is 1. The first-order chi connectivity index (χ1) is 18.7. The smallest absolute Gasteiger partial charge is 0.433 e. The number of hydrogen-bond acceptors (Lipinski definition) is 6. The van der Waals surface area contributed by atoms with E-state index in [1.54, 1.807) is 18.2 Å². The fourth-order valence-electron chi connectivity index (χ4n) is 6.28. The molecule has 1 aromatic carbocycles. The lowest BCUT2D eigenvalue weighted by molar-refractivity contribution is -0.141. The third-order valence-corrected chi connectivity index (χ3v) is 8.37. The zero-order chi connectivity index (χ0) is 27.3. The Morgan fingerprint density at radius 3 is 2.56 bits per heavy atom. The number of nitrogens with zero attached hydrogens (tertiary/aromatic N) is 3. The highest BCUT2D eigenvalue weighted by atomic mass is 19.4. The van der Waals surface area contributed by atoms with Crippen LogP contribution in [0.2, 0.25) is 0 Å². The van der Waals surface area contributed by atoms with Gasteiger partial charge in [0.05, 0.1) is 0 Å². The van der Waals surface area contributed by atoms with Gasteiger partial charge >= 0.3 is 6.18 Å². The zero-order valence-electron chi connectivity index (χ0n) is 21.2. The second-order valence-electron chi connectivity index (χ2n) is 10.9. The Hall–Kier alpha value is -3.47. The van der Waals surface area contributed by atoms with Crippen molar-refractivity contribution in [2.75, 3.05) is 13.1 Å². The van der Waals surface area contributed by atoms with Gasteiger partial charge in [-0.3, -0.25) is 29.6 Å². The third kappa shape index (κ3) is 4.99. The number of likely N-dealkylation sites (tertiary alicyclic amines) is 1. The van der Waals surface area contributed by atoms with Crippen molar-refractivity contribution in [2.24, 2.45) is 0 Å². The molecule has 1 aromatic heterocycles. The van der Waals surface area contributed by atoms with E-state index in [1.165, 1.54) is 11.1 Å². The Morgan fingerprint density at radius 2 is 1.79 bits per heavy atom. The van der Waals surface area contributed by atoms with E-state index in [2.05, 4.69) is 15.2 Å². The molecule has 1 N–H and O–H groups in total. The van der Waals surface area contributed by atoms with E-state index in [9.17, 15) is 27.6 Å². The number of carbonyl (C=O) groups excluding carboxylic acids is 3. The normalized spacial score (nSPS) is 26.3. The Balaban J connectivity index is 1.11. The van der Waals surface area contributed by atoms with E-state index in [0.29, 0.717) is 36.4 Å². The van der Waals surface area contributed by atoms with Crippen molar-refractivity contribution in [3.05, 3.63) is 58.9 Å². The maximum atomic E-state index is 13.1. The summed E-state index contributed by atoms with van der Waals surface area (Å²) in [4.78, 5) is 44.1. The summed E-state index contributed by atoms with van der Waals surface area (Å²) in [7, 11) is 0. The molecule has 11 heteroatoms. The molecule has 3 amide bonds. The molecule has 206 valence electrons. The average molecular weight is 543 g/mol. The number of rotatable bonds is 5. The first-order valence-corrected chi connectivity index (χ1v) is 13.4. The van der Waals surface area contributed by atoms with Crippen LogP contribution in [0.3, 0.4) is 0 Å². The molecule has 0 bridgehead atoms. The van der Waals surface area contributed by atoms with Gasteiger partial charge in [0, 0.05) is 49.8 Å². The van der Waals surface area contributed by atoms with Crippen molar-refractivity contribution in [3.63, 3.8) is 0 Å². The molecule has 1 aliphatic carbocycles. The van der Waals surface area contributed by atoms with E-state index in [-0.39, 0.29) is 42.8 Å². The number of pyridine rings is 1. The lowest BCUT2D eigenvalue weighted by Crippen LogP contribution is -2.57. The molecule has 8 nitrogen and oxygen atoms in total. The topological polar surface area (TPSA) is 91.8 Å². The summed E-state index contributed by atoms with van der Waals surface area (Å²) < 4.78 is 45.7. The third-order valence-electron chi connectivity index (χ3n) is 8.37. The molecule has 3 aliphatic heterocycles. The van der Waals surface area contributed by atoms with Crippen LogP contribution in [0.5, 0.6) is 5.75 Å². The van der Waals surface area contributed by atoms with Crippen LogP contribution in [-0.4, -0.2) is 63.8 Å². The second-order valence-corrected chi connectivity index (χ2v) is 10.9. The number of carbonyl (C=O) groups is 3. The summed E-state index contributed by atoms with van der Waals surface area (Å²) >= 11 is 0. The van der Waals surface area contributed by atoms with Gasteiger partial charge in [0.1, 0.15) is 23.6 Å². The van der Waals surface area contributed by atoms with Gasteiger partial charge in [-0.1, -0.05) is 6.42 Å². The Kier molecular flexibility index (Phi) is 6.57. The van der Waals surface area contributed by atoms with Gasteiger partial charge in [-0.05, 0) is 67.1 Å². The number of ether oxygens (including phenoxy) is 1. The number of piperidine rings is 1. The Morgan fingerprint density at radius 1 is 1.00 bits per heavy atom.